The third-order valence-electron chi connectivity index (χ3n) is 15.6. The summed E-state index contributed by atoms with van der Waals surface area (Å²) in [7, 11) is 0. The summed E-state index contributed by atoms with van der Waals surface area (Å²) in [6.07, 6.45) is 15.6. The molecule has 13 heteroatoms. The van der Waals surface area contributed by atoms with Crippen LogP contribution in [0.15, 0.2) is 158 Å². The number of hydrogen-bond donors (Lipinski definition) is 2. The molecule has 0 aliphatic heterocycles. The van der Waals surface area contributed by atoms with Crippen molar-refractivity contribution in [3.63, 3.8) is 0 Å². The van der Waals surface area contributed by atoms with Gasteiger partial charge in [-0.2, -0.15) is 23.5 Å². The maximum absolute atomic E-state index is 11.4. The number of fused-ring (bicyclic) bond motifs is 2. The zero-order valence-corrected chi connectivity index (χ0v) is 53.0. The van der Waals surface area contributed by atoms with E-state index in [1.165, 1.54) is 11.1 Å². The number of benzene rings is 6. The molecule has 10 rings (SSSR count). The summed E-state index contributed by atoms with van der Waals surface area (Å²) >= 11 is 16.0. The summed E-state index contributed by atoms with van der Waals surface area (Å²) in [5, 5.41) is 48.0. The van der Waals surface area contributed by atoms with Crippen LogP contribution in [-0.2, 0) is 33.6 Å². The zero-order valence-electron chi connectivity index (χ0n) is 47.7. The molecule has 2 fully saturated rings. The minimum Gasteiger partial charge on any atom is -0.550 e. The normalized spacial score (nSPS) is 15.1. The van der Waals surface area contributed by atoms with Crippen LogP contribution in [-0.4, -0.2) is 81.4 Å². The molecule has 2 aromatic heterocycles. The van der Waals surface area contributed by atoms with Gasteiger partial charge in [-0.1, -0.05) is 157 Å². The Morgan fingerprint density at radius 1 is 0.542 bits per heavy atom. The SMILES string of the molecule is CC(C)(O)c1ccccc1CC[C@@H](SCC1(CC(=O)[O-])CC1)c1cccc(/C=C/c2ccc3ccc(Cl)cc3n2)c1.CC(C)(O)c1ccccc1CC[C@@H](SCC1(CC(=O)[O-])CC1)c1cccc(/C=C/c2ccc3ccc(Cl)cc3n2)c1.[Ca+2]. The number of halogens is 2. The first-order chi connectivity index (χ1) is 39.2. The third kappa shape index (κ3) is 18.5. The van der Waals surface area contributed by atoms with E-state index in [2.05, 4.69) is 72.8 Å². The van der Waals surface area contributed by atoms with Gasteiger partial charge in [0.25, 0.3) is 0 Å². The van der Waals surface area contributed by atoms with Gasteiger partial charge >= 0.3 is 37.7 Å². The molecule has 6 aromatic carbocycles. The Morgan fingerprint density at radius 2 is 0.928 bits per heavy atom. The summed E-state index contributed by atoms with van der Waals surface area (Å²) in [5.74, 6) is -0.337. The molecule has 83 heavy (non-hydrogen) atoms. The quantitative estimate of drug-likeness (QED) is 0.0561. The van der Waals surface area contributed by atoms with Crippen molar-refractivity contribution in [3.8, 4) is 0 Å². The standard InChI is InChI=1S/2C35H36ClNO3S.Ca/c2*1-34(2,40)30-9-4-3-7-25(30)13-17-32(41-23-35(18-19-35)22-33(38)39)27-8-5-6-24(20-27)10-15-29-16-12-26-11-14-28(36)21-31(26)37-29;/h2*3-12,14-16,20-21,32,40H,13,17-19,22-23H2,1-2H3,(H,38,39);/q;;+2/p-2/b2*15-10+;/t2*32-;/m11./s1. The summed E-state index contributed by atoms with van der Waals surface area (Å²) in [6.45, 7) is 7.29. The van der Waals surface area contributed by atoms with Gasteiger partial charge in [-0.3, -0.25) is 0 Å². The van der Waals surface area contributed by atoms with Crippen LogP contribution in [0.5, 0.6) is 0 Å². The molecule has 0 saturated heterocycles. The monoisotopic (exact) mass is 1210 g/mol. The van der Waals surface area contributed by atoms with Crippen molar-refractivity contribution in [1.29, 1.82) is 0 Å². The summed E-state index contributed by atoms with van der Waals surface area (Å²) < 4.78 is 0. The Morgan fingerprint density at radius 3 is 1.30 bits per heavy atom. The van der Waals surface area contributed by atoms with Gasteiger partial charge < -0.3 is 30.0 Å². The predicted octanol–water partition coefficient (Wildman–Crippen LogP) is 14.8. The predicted molar refractivity (Wildman–Crippen MR) is 343 cm³/mol. The molecule has 2 aliphatic rings. The van der Waals surface area contributed by atoms with Gasteiger partial charge in [-0.15, -0.1) is 0 Å². The van der Waals surface area contributed by atoms with Crippen molar-refractivity contribution in [2.75, 3.05) is 11.5 Å². The van der Waals surface area contributed by atoms with Gasteiger partial charge in [0.05, 0.1) is 33.6 Å². The fraction of sp³-hybridized carbons (Fsp3) is 0.314. The number of carbonyl (C=O) groups is 2. The Balaban J connectivity index is 0.000000214. The van der Waals surface area contributed by atoms with Crippen molar-refractivity contribution in [2.24, 2.45) is 10.8 Å². The fourth-order valence-corrected chi connectivity index (χ4v) is 14.2. The molecule has 8 nitrogen and oxygen atoms in total. The Kier molecular flexibility index (Phi) is 22.0. The second-order valence-corrected chi connectivity index (χ2v) is 26.6. The van der Waals surface area contributed by atoms with E-state index in [0.29, 0.717) is 10.0 Å². The number of carboxylic acids is 2. The molecule has 0 amide bonds. The molecule has 0 unspecified atom stereocenters. The van der Waals surface area contributed by atoms with Gasteiger partial charge in [0, 0.05) is 43.3 Å². The van der Waals surface area contributed by atoms with Crippen LogP contribution in [0.3, 0.4) is 0 Å². The van der Waals surface area contributed by atoms with Gasteiger partial charge in [0.15, 0.2) is 0 Å². The van der Waals surface area contributed by atoms with Crippen LogP contribution in [0.4, 0.5) is 0 Å². The van der Waals surface area contributed by atoms with Crippen LogP contribution in [0, 0.1) is 10.8 Å². The van der Waals surface area contributed by atoms with E-state index >= 15 is 0 Å². The first kappa shape index (κ1) is 64.0. The molecule has 2 saturated carbocycles. The second-order valence-electron chi connectivity index (χ2n) is 23.4. The Labute approximate surface area is 537 Å². The molecule has 0 spiro atoms. The molecule has 424 valence electrons. The van der Waals surface area contributed by atoms with Crippen LogP contribution in [0.2, 0.25) is 10.0 Å². The minimum absolute atomic E-state index is 0. The number of nitrogens with zero attached hydrogens (tertiary/aromatic N) is 2. The average molecular weight is 1210 g/mol. The van der Waals surface area contributed by atoms with E-state index in [0.717, 1.165) is 129 Å². The number of rotatable bonds is 24. The van der Waals surface area contributed by atoms with Gasteiger partial charge in [-0.05, 0) is 207 Å². The number of pyridine rings is 2. The van der Waals surface area contributed by atoms with E-state index in [-0.39, 0.29) is 71.9 Å². The smallest absolute Gasteiger partial charge is 0.550 e. The molecular weight excluding hydrogens is 1140 g/mol. The molecular formula is C70H70CaCl2N2O6S2. The fourth-order valence-electron chi connectivity index (χ4n) is 10.7. The average Bonchev–Trinajstić information content (AvgIpc) is 4.48. The van der Waals surface area contributed by atoms with Crippen LogP contribution in [0.1, 0.15) is 145 Å². The number of aliphatic carboxylic acids is 2. The van der Waals surface area contributed by atoms with E-state index in [1.54, 1.807) is 0 Å². The zero-order chi connectivity index (χ0) is 58.1. The number of aryl methyl sites for hydroxylation is 2. The second kappa shape index (κ2) is 28.5. The van der Waals surface area contributed by atoms with Crippen molar-refractivity contribution in [1.82, 2.24) is 9.97 Å². The van der Waals surface area contributed by atoms with Crippen molar-refractivity contribution < 1.29 is 30.0 Å². The Hall–Kier alpha value is -4.98. The first-order valence-electron chi connectivity index (χ1n) is 28.1. The molecule has 0 bridgehead atoms. The molecule has 2 heterocycles. The third-order valence-corrected chi connectivity index (χ3v) is 19.5. The topological polar surface area (TPSA) is 146 Å². The molecule has 2 aliphatic carbocycles. The number of carboxylic acid groups (broad SMARTS) is 2. The first-order valence-corrected chi connectivity index (χ1v) is 31.0. The minimum atomic E-state index is -0.963. The maximum Gasteiger partial charge on any atom is 2.00 e. The van der Waals surface area contributed by atoms with E-state index in [9.17, 15) is 30.0 Å². The van der Waals surface area contributed by atoms with Crippen molar-refractivity contribution >= 4 is 143 Å². The Bertz CT molecular complexity index is 3390. The molecule has 0 radical (unpaired) electrons. The largest absolute Gasteiger partial charge is 2.00 e. The molecule has 2 N–H and O–H groups in total. The number of hydrogen-bond acceptors (Lipinski definition) is 10. The molecule has 8 aromatic rings. The van der Waals surface area contributed by atoms with Gasteiger partial charge in [0.2, 0.25) is 0 Å². The summed E-state index contributed by atoms with van der Waals surface area (Å²) in [4.78, 5) is 32.2. The molecule has 2 atom stereocenters. The van der Waals surface area contributed by atoms with Gasteiger partial charge in [-0.25, -0.2) is 9.97 Å². The summed E-state index contributed by atoms with van der Waals surface area (Å²) in [5.41, 5.74) is 10.1. The number of aliphatic hydroxyl groups is 2. The van der Waals surface area contributed by atoms with E-state index in [4.69, 9.17) is 33.2 Å². The van der Waals surface area contributed by atoms with Crippen molar-refractivity contribution in [3.05, 3.63) is 224 Å². The van der Waals surface area contributed by atoms with Crippen molar-refractivity contribution in [2.45, 2.75) is 114 Å². The van der Waals surface area contributed by atoms with E-state index < -0.39 is 23.1 Å². The van der Waals surface area contributed by atoms with E-state index in [1.807, 2.05) is 160 Å². The van der Waals surface area contributed by atoms with Crippen LogP contribution in [0.25, 0.3) is 46.1 Å². The summed E-state index contributed by atoms with van der Waals surface area (Å²) in [6, 6.07) is 52.8. The maximum atomic E-state index is 11.4. The number of aromatic nitrogens is 2. The van der Waals surface area contributed by atoms with Crippen LogP contribution < -0.4 is 10.2 Å². The van der Waals surface area contributed by atoms with Gasteiger partial charge in [0.1, 0.15) is 0 Å². The van der Waals surface area contributed by atoms with Crippen LogP contribution >= 0.6 is 46.7 Å². The number of thioether (sulfide) groups is 2. The number of carbonyl (C=O) groups excluding carboxylic acids is 2.